The number of hydrogen-bond acceptors (Lipinski definition) is 3. The average molecular weight is 362 g/mol. The number of benzene rings is 2. The van der Waals surface area contributed by atoms with Gasteiger partial charge in [-0.1, -0.05) is 28.1 Å². The van der Waals surface area contributed by atoms with Crippen molar-refractivity contribution in [1.82, 2.24) is 5.32 Å². The third-order valence-electron chi connectivity index (χ3n) is 3.14. The summed E-state index contributed by atoms with van der Waals surface area (Å²) in [4.78, 5) is 23.8. The molecule has 0 aliphatic carbocycles. The minimum atomic E-state index is -0.177. The van der Waals surface area contributed by atoms with Crippen molar-refractivity contribution in [2.75, 3.05) is 13.7 Å². The zero-order valence-corrected chi connectivity index (χ0v) is 13.7. The molecule has 0 fully saturated rings. The van der Waals surface area contributed by atoms with E-state index in [0.717, 1.165) is 10.0 Å². The summed E-state index contributed by atoms with van der Waals surface area (Å²) >= 11 is 3.34. The molecule has 1 amide bonds. The topological polar surface area (TPSA) is 55.4 Å². The molecule has 114 valence electrons. The van der Waals surface area contributed by atoms with E-state index < -0.39 is 0 Å². The minimum Gasteiger partial charge on any atom is -0.497 e. The Kier molecular flexibility index (Phi) is 5.72. The van der Waals surface area contributed by atoms with Gasteiger partial charge in [-0.05, 0) is 42.0 Å². The van der Waals surface area contributed by atoms with Gasteiger partial charge in [-0.25, -0.2) is 0 Å². The van der Waals surface area contributed by atoms with Crippen molar-refractivity contribution in [3.05, 3.63) is 64.1 Å². The zero-order valence-electron chi connectivity index (χ0n) is 12.1. The van der Waals surface area contributed by atoms with Gasteiger partial charge in [-0.3, -0.25) is 9.59 Å². The summed E-state index contributed by atoms with van der Waals surface area (Å²) < 4.78 is 6.00. The number of methoxy groups -OCH3 is 1. The van der Waals surface area contributed by atoms with E-state index in [1.54, 1.807) is 31.4 Å². The fourth-order valence-electron chi connectivity index (χ4n) is 1.91. The number of ketones is 1. The van der Waals surface area contributed by atoms with Crippen LogP contribution in [0.25, 0.3) is 0 Å². The lowest BCUT2D eigenvalue weighted by Gasteiger charge is -2.06. The standard InChI is InChI=1S/C17H16BrNO3/c1-22-15-8-4-13(5-9-15)16(20)11-19-17(21)10-12-2-6-14(18)7-3-12/h2-9H,10-11H2,1H3,(H,19,21). The molecule has 4 nitrogen and oxygen atoms in total. The predicted octanol–water partition coefficient (Wildman–Crippen LogP) is 3.00. The van der Waals surface area contributed by atoms with Crippen molar-refractivity contribution in [2.45, 2.75) is 6.42 Å². The summed E-state index contributed by atoms with van der Waals surface area (Å²) in [6, 6.07) is 14.3. The van der Waals surface area contributed by atoms with Gasteiger partial charge in [0.15, 0.2) is 5.78 Å². The van der Waals surface area contributed by atoms with Crippen molar-refractivity contribution in [1.29, 1.82) is 0 Å². The highest BCUT2D eigenvalue weighted by Gasteiger charge is 2.09. The molecule has 0 aromatic heterocycles. The second kappa shape index (κ2) is 7.75. The molecule has 0 radical (unpaired) electrons. The Labute approximate surface area is 137 Å². The van der Waals surface area contributed by atoms with Crippen LogP contribution in [0, 0.1) is 0 Å². The van der Waals surface area contributed by atoms with Gasteiger partial charge in [-0.2, -0.15) is 0 Å². The highest BCUT2D eigenvalue weighted by Crippen LogP contribution is 2.12. The molecule has 0 spiro atoms. The van der Waals surface area contributed by atoms with Crippen molar-refractivity contribution in [3.8, 4) is 5.75 Å². The largest absolute Gasteiger partial charge is 0.497 e. The van der Waals surface area contributed by atoms with Crippen LogP contribution < -0.4 is 10.1 Å². The number of ether oxygens (including phenoxy) is 1. The van der Waals surface area contributed by atoms with Crippen molar-refractivity contribution < 1.29 is 14.3 Å². The van der Waals surface area contributed by atoms with Crippen LogP contribution in [0.4, 0.5) is 0 Å². The second-order valence-electron chi connectivity index (χ2n) is 4.73. The Morgan fingerprint density at radius 1 is 1.05 bits per heavy atom. The van der Waals surface area contributed by atoms with Gasteiger partial charge < -0.3 is 10.1 Å². The number of nitrogens with one attached hydrogen (secondary N) is 1. The quantitative estimate of drug-likeness (QED) is 0.804. The Bertz CT molecular complexity index is 651. The summed E-state index contributed by atoms with van der Waals surface area (Å²) in [6.07, 6.45) is 0.253. The first-order valence-electron chi connectivity index (χ1n) is 6.77. The molecular weight excluding hydrogens is 346 g/mol. The third kappa shape index (κ3) is 4.70. The average Bonchev–Trinajstić information content (AvgIpc) is 2.55. The van der Waals surface area contributed by atoms with E-state index in [1.807, 2.05) is 24.3 Å². The van der Waals surface area contributed by atoms with Gasteiger partial charge in [0.05, 0.1) is 20.1 Å². The summed E-state index contributed by atoms with van der Waals surface area (Å²) in [5, 5.41) is 2.64. The van der Waals surface area contributed by atoms with Crippen LogP contribution in [0.2, 0.25) is 0 Å². The zero-order chi connectivity index (χ0) is 15.9. The summed E-state index contributed by atoms with van der Waals surface area (Å²) in [7, 11) is 1.57. The van der Waals surface area contributed by atoms with E-state index in [0.29, 0.717) is 11.3 Å². The second-order valence-corrected chi connectivity index (χ2v) is 5.65. The van der Waals surface area contributed by atoms with E-state index >= 15 is 0 Å². The third-order valence-corrected chi connectivity index (χ3v) is 3.66. The molecule has 0 aliphatic rings. The molecule has 2 rings (SSSR count). The maximum atomic E-state index is 12.0. The molecule has 2 aromatic rings. The number of halogens is 1. The first-order chi connectivity index (χ1) is 10.6. The molecule has 2 aromatic carbocycles. The fourth-order valence-corrected chi connectivity index (χ4v) is 2.17. The maximum Gasteiger partial charge on any atom is 0.224 e. The van der Waals surface area contributed by atoms with Crippen LogP contribution in [0.15, 0.2) is 53.0 Å². The monoisotopic (exact) mass is 361 g/mol. The molecule has 0 saturated heterocycles. The lowest BCUT2D eigenvalue weighted by atomic mass is 10.1. The smallest absolute Gasteiger partial charge is 0.224 e. The number of hydrogen-bond donors (Lipinski definition) is 1. The molecule has 0 heterocycles. The molecule has 1 N–H and O–H groups in total. The number of carbonyl (C=O) groups is 2. The van der Waals surface area contributed by atoms with Crippen LogP contribution in [0.1, 0.15) is 15.9 Å². The van der Waals surface area contributed by atoms with Crippen LogP contribution in [-0.2, 0) is 11.2 Å². The fraction of sp³-hybridized carbons (Fsp3) is 0.176. The maximum absolute atomic E-state index is 12.0. The lowest BCUT2D eigenvalue weighted by molar-refractivity contribution is -0.120. The summed E-state index contributed by atoms with van der Waals surface area (Å²) in [5.41, 5.74) is 1.45. The van der Waals surface area contributed by atoms with E-state index in [-0.39, 0.29) is 24.7 Å². The Balaban J connectivity index is 1.84. The van der Waals surface area contributed by atoms with Crippen molar-refractivity contribution in [2.24, 2.45) is 0 Å². The van der Waals surface area contributed by atoms with Crippen LogP contribution in [0.5, 0.6) is 5.75 Å². The number of Topliss-reactive ketones (excluding diaryl/α,β-unsaturated/α-hetero) is 1. The molecule has 0 atom stereocenters. The summed E-state index contributed by atoms with van der Waals surface area (Å²) in [6.45, 7) is -0.0122. The molecule has 22 heavy (non-hydrogen) atoms. The molecule has 0 unspecified atom stereocenters. The Morgan fingerprint density at radius 3 is 2.27 bits per heavy atom. The molecule has 0 saturated carbocycles. The molecule has 0 bridgehead atoms. The minimum absolute atomic E-state index is 0.0122. The SMILES string of the molecule is COc1ccc(C(=O)CNC(=O)Cc2ccc(Br)cc2)cc1. The van der Waals surface area contributed by atoms with Gasteiger partial charge in [-0.15, -0.1) is 0 Å². The van der Waals surface area contributed by atoms with Gasteiger partial charge in [0.25, 0.3) is 0 Å². The van der Waals surface area contributed by atoms with E-state index in [1.165, 1.54) is 0 Å². The molecule has 5 heteroatoms. The van der Waals surface area contributed by atoms with Gasteiger partial charge >= 0.3 is 0 Å². The van der Waals surface area contributed by atoms with Gasteiger partial charge in [0, 0.05) is 10.0 Å². The predicted molar refractivity (Wildman–Crippen MR) is 88.2 cm³/mol. The lowest BCUT2D eigenvalue weighted by Crippen LogP contribution is -2.30. The first kappa shape index (κ1) is 16.2. The van der Waals surface area contributed by atoms with E-state index in [4.69, 9.17) is 4.74 Å². The van der Waals surface area contributed by atoms with Crippen LogP contribution in [-0.4, -0.2) is 25.3 Å². The number of rotatable bonds is 6. The van der Waals surface area contributed by atoms with Crippen molar-refractivity contribution >= 4 is 27.6 Å². The van der Waals surface area contributed by atoms with E-state index in [9.17, 15) is 9.59 Å². The molecule has 0 aliphatic heterocycles. The highest BCUT2D eigenvalue weighted by molar-refractivity contribution is 9.10. The summed E-state index contributed by atoms with van der Waals surface area (Å²) in [5.74, 6) is 0.381. The Morgan fingerprint density at radius 2 is 1.68 bits per heavy atom. The first-order valence-corrected chi connectivity index (χ1v) is 7.56. The van der Waals surface area contributed by atoms with Crippen molar-refractivity contribution in [3.63, 3.8) is 0 Å². The molecular formula is C17H16BrNO3. The van der Waals surface area contributed by atoms with Crippen LogP contribution in [0.3, 0.4) is 0 Å². The normalized spacial score (nSPS) is 10.1. The van der Waals surface area contributed by atoms with Gasteiger partial charge in [0.1, 0.15) is 5.75 Å². The van der Waals surface area contributed by atoms with E-state index in [2.05, 4.69) is 21.2 Å². The number of amides is 1. The highest BCUT2D eigenvalue weighted by atomic mass is 79.9. The number of carbonyl (C=O) groups excluding carboxylic acids is 2. The van der Waals surface area contributed by atoms with Gasteiger partial charge in [0.2, 0.25) is 5.91 Å². The Hall–Kier alpha value is -2.14. The van der Waals surface area contributed by atoms with Crippen LogP contribution >= 0.6 is 15.9 Å².